The first-order valence-electron chi connectivity index (χ1n) is 19.0. The summed E-state index contributed by atoms with van der Waals surface area (Å²) in [6.07, 6.45) is 5.87. The normalized spacial score (nSPS) is 16.9. The number of halogens is 1. The summed E-state index contributed by atoms with van der Waals surface area (Å²) in [7, 11) is -15.1. The van der Waals surface area contributed by atoms with Crippen molar-refractivity contribution in [1.29, 1.82) is 0 Å². The van der Waals surface area contributed by atoms with Gasteiger partial charge < -0.3 is 0 Å². The third-order valence-electron chi connectivity index (χ3n) is 10.9. The third kappa shape index (κ3) is 8.38. The maximum absolute atomic E-state index is 13.1. The van der Waals surface area contributed by atoms with Gasteiger partial charge in [0, 0.05) is 49.3 Å². The number of nitrogens with zero attached hydrogens (tertiary/aromatic N) is 4. The Labute approximate surface area is 350 Å². The molecule has 4 aromatic carbocycles. The van der Waals surface area contributed by atoms with Crippen LogP contribution in [0.1, 0.15) is 49.9 Å². The highest BCUT2D eigenvalue weighted by molar-refractivity contribution is 7.90. The van der Waals surface area contributed by atoms with E-state index in [-0.39, 0.29) is 36.0 Å². The van der Waals surface area contributed by atoms with Crippen LogP contribution in [0, 0.1) is 11.8 Å². The monoisotopic (exact) mass is 898 g/mol. The fraction of sp³-hybridized carbons (Fsp3) is 0.293. The molecule has 0 saturated carbocycles. The first-order valence-corrected chi connectivity index (χ1v) is 25.1. The molecular formula is C41H43ClN4O9S4. The molecule has 4 heterocycles. The second kappa shape index (κ2) is 16.6. The van der Waals surface area contributed by atoms with E-state index in [1.54, 1.807) is 54.6 Å². The van der Waals surface area contributed by atoms with Crippen LogP contribution in [-0.4, -0.2) is 81.6 Å². The average Bonchev–Trinajstić information content (AvgIpc) is 3.85. The predicted molar refractivity (Wildman–Crippen MR) is 226 cm³/mol. The molecule has 6 aromatic rings. The van der Waals surface area contributed by atoms with Gasteiger partial charge in [-0.15, -0.1) is 0 Å². The number of rotatable bonds is 9. The highest BCUT2D eigenvalue weighted by atomic mass is 35.5. The lowest BCUT2D eigenvalue weighted by Crippen LogP contribution is -2.37. The van der Waals surface area contributed by atoms with E-state index < -0.39 is 45.3 Å². The standard InChI is InChI=1S/C21H21ClN2O5S2.C20H22N2O4S2/c1-15-9-11-23(12-10-15)30(26,27)17-7-8-20-18(13-17)19(21(22)25)14-24(20)31(28,29)16-5-3-2-4-6-16;1-16-9-12-21(13-10-16)27(23,24)19-7-8-20-17(15-19)11-14-22(20)28(25,26)18-5-3-2-4-6-18/h2-8,13-15H,9-12H2,1H3;2-8,11,14-16H,9-10,12-13H2,1H3. The van der Waals surface area contributed by atoms with Crippen molar-refractivity contribution in [2.75, 3.05) is 26.2 Å². The second-order valence-electron chi connectivity index (χ2n) is 14.9. The molecule has 2 aliphatic heterocycles. The molecule has 0 unspecified atom stereocenters. The molecule has 0 bridgehead atoms. The van der Waals surface area contributed by atoms with E-state index in [0.29, 0.717) is 48.9 Å². The Bertz CT molecular complexity index is 2970. The van der Waals surface area contributed by atoms with Gasteiger partial charge in [0.05, 0.1) is 36.2 Å². The minimum absolute atomic E-state index is 0.00331. The molecule has 0 atom stereocenters. The Morgan fingerprint density at radius 2 is 0.966 bits per heavy atom. The van der Waals surface area contributed by atoms with Crippen molar-refractivity contribution in [3.8, 4) is 0 Å². The number of sulfonamides is 2. The molecule has 2 fully saturated rings. The van der Waals surface area contributed by atoms with E-state index in [0.717, 1.165) is 35.9 Å². The van der Waals surface area contributed by atoms with Gasteiger partial charge in [-0.05, 0) is 116 Å². The molecule has 2 saturated heterocycles. The van der Waals surface area contributed by atoms with Crippen molar-refractivity contribution in [3.05, 3.63) is 121 Å². The number of carbonyl (C=O) groups excluding carboxylic acids is 1. The van der Waals surface area contributed by atoms with Crippen LogP contribution in [0.25, 0.3) is 21.8 Å². The van der Waals surface area contributed by atoms with Crippen molar-refractivity contribution < 1.29 is 38.5 Å². The Morgan fingerprint density at radius 3 is 1.44 bits per heavy atom. The summed E-state index contributed by atoms with van der Waals surface area (Å²) in [4.78, 5) is 12.5. The zero-order valence-corrected chi connectivity index (χ0v) is 36.3. The molecule has 2 aromatic heterocycles. The summed E-state index contributed by atoms with van der Waals surface area (Å²) in [5.41, 5.74) is 0.564. The second-order valence-corrected chi connectivity index (χ2v) is 22.8. The Balaban J connectivity index is 0.000000180. The largest absolute Gasteiger partial charge is 0.276 e. The number of piperidine rings is 2. The number of carbonyl (C=O) groups is 1. The first kappa shape index (κ1) is 42.8. The van der Waals surface area contributed by atoms with Crippen molar-refractivity contribution >= 4 is 78.7 Å². The molecule has 59 heavy (non-hydrogen) atoms. The van der Waals surface area contributed by atoms with E-state index in [1.807, 2.05) is 0 Å². The number of benzene rings is 4. The van der Waals surface area contributed by atoms with Gasteiger partial charge in [0.1, 0.15) is 0 Å². The highest BCUT2D eigenvalue weighted by Crippen LogP contribution is 2.32. The van der Waals surface area contributed by atoms with Crippen LogP contribution in [-0.2, 0) is 40.1 Å². The maximum atomic E-state index is 13.1. The molecule has 0 N–H and O–H groups in total. The molecule has 312 valence electrons. The molecule has 13 nitrogen and oxygen atoms in total. The third-order valence-corrected chi connectivity index (χ3v) is 18.3. The van der Waals surface area contributed by atoms with Crippen LogP contribution >= 0.6 is 11.6 Å². The van der Waals surface area contributed by atoms with Gasteiger partial charge in [-0.1, -0.05) is 50.2 Å². The first-order chi connectivity index (χ1) is 27.9. The molecule has 8 rings (SSSR count). The number of hydrogen-bond donors (Lipinski definition) is 0. The van der Waals surface area contributed by atoms with Crippen molar-refractivity contribution in [3.63, 3.8) is 0 Å². The predicted octanol–water partition coefficient (Wildman–Crippen LogP) is 6.98. The zero-order valence-electron chi connectivity index (χ0n) is 32.3. The summed E-state index contributed by atoms with van der Waals surface area (Å²) in [6, 6.07) is 26.3. The van der Waals surface area contributed by atoms with E-state index in [4.69, 9.17) is 11.6 Å². The van der Waals surface area contributed by atoms with Gasteiger partial charge in [-0.2, -0.15) is 8.61 Å². The minimum Gasteiger partial charge on any atom is -0.276 e. The van der Waals surface area contributed by atoms with E-state index in [1.165, 1.54) is 67.3 Å². The maximum Gasteiger partial charge on any atom is 0.268 e. The van der Waals surface area contributed by atoms with Crippen LogP contribution < -0.4 is 0 Å². The lowest BCUT2D eigenvalue weighted by Gasteiger charge is -2.29. The summed E-state index contributed by atoms with van der Waals surface area (Å²) in [6.45, 7) is 6.10. The van der Waals surface area contributed by atoms with Gasteiger partial charge in [0.2, 0.25) is 20.0 Å². The quantitative estimate of drug-likeness (QED) is 0.139. The molecule has 18 heteroatoms. The summed E-state index contributed by atoms with van der Waals surface area (Å²) < 4.78 is 109. The fourth-order valence-corrected chi connectivity index (χ4v) is 13.2. The van der Waals surface area contributed by atoms with Crippen LogP contribution in [0.3, 0.4) is 0 Å². The lowest BCUT2D eigenvalue weighted by atomic mass is 10.0. The van der Waals surface area contributed by atoms with Gasteiger partial charge in [-0.3, -0.25) is 4.79 Å². The van der Waals surface area contributed by atoms with Gasteiger partial charge in [-0.25, -0.2) is 41.6 Å². The summed E-state index contributed by atoms with van der Waals surface area (Å²) in [5.74, 6) is 0.998. The van der Waals surface area contributed by atoms with Gasteiger partial charge in [0.25, 0.3) is 25.3 Å². The van der Waals surface area contributed by atoms with Crippen molar-refractivity contribution in [1.82, 2.24) is 16.6 Å². The molecule has 0 spiro atoms. The Morgan fingerprint density at radius 1 is 0.525 bits per heavy atom. The van der Waals surface area contributed by atoms with Crippen LogP contribution in [0.2, 0.25) is 0 Å². The van der Waals surface area contributed by atoms with Crippen molar-refractivity contribution in [2.24, 2.45) is 11.8 Å². The highest BCUT2D eigenvalue weighted by Gasteiger charge is 2.31. The molecule has 0 radical (unpaired) electrons. The zero-order chi connectivity index (χ0) is 42.3. The fourth-order valence-electron chi connectivity index (χ4n) is 7.32. The smallest absolute Gasteiger partial charge is 0.268 e. The topological polar surface area (TPSA) is 170 Å². The average molecular weight is 900 g/mol. The number of hydrogen-bond acceptors (Lipinski definition) is 9. The van der Waals surface area contributed by atoms with E-state index >= 15 is 0 Å². The SMILES string of the molecule is CC1CCN(S(=O)(=O)c2ccc3c(c2)c(C(=O)Cl)cn3S(=O)(=O)c2ccccc2)CC1.CC1CCN(S(=O)(=O)c2ccc3c(ccn3S(=O)(=O)c3ccccc3)c2)CC1. The number of fused-ring (bicyclic) bond motifs is 2. The van der Waals surface area contributed by atoms with Crippen LogP contribution in [0.4, 0.5) is 0 Å². The van der Waals surface area contributed by atoms with E-state index in [2.05, 4.69) is 13.8 Å². The lowest BCUT2D eigenvalue weighted by molar-refractivity contribution is 0.108. The van der Waals surface area contributed by atoms with Gasteiger partial charge in [0.15, 0.2) is 0 Å². The van der Waals surface area contributed by atoms with E-state index in [9.17, 15) is 38.5 Å². The molecule has 2 aliphatic rings. The van der Waals surface area contributed by atoms with Crippen LogP contribution in [0.5, 0.6) is 0 Å². The van der Waals surface area contributed by atoms with Crippen molar-refractivity contribution in [2.45, 2.75) is 59.1 Å². The Kier molecular flexibility index (Phi) is 12.0. The molecule has 0 amide bonds. The summed E-state index contributed by atoms with van der Waals surface area (Å²) >= 11 is 5.72. The molecular weight excluding hydrogens is 856 g/mol. The molecule has 0 aliphatic carbocycles. The summed E-state index contributed by atoms with van der Waals surface area (Å²) in [5, 5.41) is -0.120. The Hall–Kier alpha value is -4.36. The van der Waals surface area contributed by atoms with Crippen LogP contribution in [0.15, 0.2) is 135 Å². The minimum atomic E-state index is -4.01. The number of aromatic nitrogens is 2. The van der Waals surface area contributed by atoms with Gasteiger partial charge >= 0.3 is 0 Å².